The molecule has 0 spiro atoms. The topological polar surface area (TPSA) is 24.9 Å². The van der Waals surface area contributed by atoms with Crippen LogP contribution in [0.3, 0.4) is 0 Å². The van der Waals surface area contributed by atoms with Crippen LogP contribution in [0.5, 0.6) is 0 Å². The first-order valence-electron chi connectivity index (χ1n) is 7.39. The molecular weight excluding hydrogens is 276 g/mol. The molecule has 0 radical (unpaired) electrons. The van der Waals surface area contributed by atoms with Crippen LogP contribution in [0.4, 0.5) is 0 Å². The Balaban J connectivity index is 1.67. The van der Waals surface area contributed by atoms with Crippen LogP contribution < -0.4 is 5.32 Å². The Hall–Kier alpha value is -1.71. The Bertz CT molecular complexity index is 691. The summed E-state index contributed by atoms with van der Waals surface area (Å²) in [6.45, 7) is 0. The Kier molecular flexibility index (Phi) is 4.63. The van der Waals surface area contributed by atoms with Crippen molar-refractivity contribution in [2.45, 2.75) is 25.3 Å². The summed E-state index contributed by atoms with van der Waals surface area (Å²) in [7, 11) is 2.05. The number of nitrogens with one attached hydrogen (secondary N) is 1. The van der Waals surface area contributed by atoms with Crippen LogP contribution in [0.1, 0.15) is 17.7 Å². The van der Waals surface area contributed by atoms with E-state index in [-0.39, 0.29) is 0 Å². The van der Waals surface area contributed by atoms with Crippen molar-refractivity contribution in [1.82, 2.24) is 10.3 Å². The van der Waals surface area contributed by atoms with E-state index in [9.17, 15) is 0 Å². The van der Waals surface area contributed by atoms with Gasteiger partial charge in [-0.3, -0.25) is 4.98 Å². The minimum Gasteiger partial charge on any atom is -0.317 e. The van der Waals surface area contributed by atoms with Crippen LogP contribution in [-0.2, 0) is 12.8 Å². The summed E-state index contributed by atoms with van der Waals surface area (Å²) in [6.07, 6.45) is 5.08. The number of hydrogen-bond acceptors (Lipinski definition) is 3. The van der Waals surface area contributed by atoms with Crippen molar-refractivity contribution in [3.8, 4) is 0 Å². The lowest BCUT2D eigenvalue weighted by Crippen LogP contribution is -2.28. The first-order valence-corrected chi connectivity index (χ1v) is 8.27. The maximum atomic E-state index is 4.41. The fourth-order valence-electron chi connectivity index (χ4n) is 2.67. The molecule has 2 nitrogen and oxygen atoms in total. The van der Waals surface area contributed by atoms with Crippen LogP contribution in [0.2, 0.25) is 0 Å². The third-order valence-corrected chi connectivity index (χ3v) is 4.92. The van der Waals surface area contributed by atoms with E-state index in [1.165, 1.54) is 21.3 Å². The third kappa shape index (κ3) is 3.49. The predicted molar refractivity (Wildman–Crippen MR) is 90.9 cm³/mol. The number of likely N-dealkylation sites (N-methyl/N-ethyl adjacent to an activating group) is 1. The molecule has 1 aromatic carbocycles. The number of nitrogens with zero attached hydrogens (tertiary/aromatic N) is 1. The molecule has 2 aromatic heterocycles. The van der Waals surface area contributed by atoms with Crippen LogP contribution >= 0.6 is 11.3 Å². The van der Waals surface area contributed by atoms with Crippen molar-refractivity contribution in [2.24, 2.45) is 0 Å². The van der Waals surface area contributed by atoms with Gasteiger partial charge in [-0.25, -0.2) is 0 Å². The predicted octanol–water partition coefficient (Wildman–Crippen LogP) is 4.06. The third-order valence-electron chi connectivity index (χ3n) is 3.91. The van der Waals surface area contributed by atoms with Crippen molar-refractivity contribution in [3.63, 3.8) is 0 Å². The second kappa shape index (κ2) is 6.83. The number of aromatic nitrogens is 1. The van der Waals surface area contributed by atoms with E-state index in [2.05, 4.69) is 59.1 Å². The molecule has 3 aromatic rings. The summed E-state index contributed by atoms with van der Waals surface area (Å²) in [5, 5.41) is 7.16. The van der Waals surface area contributed by atoms with E-state index in [0.29, 0.717) is 6.04 Å². The fourth-order valence-corrected chi connectivity index (χ4v) is 3.65. The van der Waals surface area contributed by atoms with Crippen molar-refractivity contribution in [1.29, 1.82) is 0 Å². The molecule has 1 unspecified atom stereocenters. The van der Waals surface area contributed by atoms with Gasteiger partial charge in [0.15, 0.2) is 0 Å². The van der Waals surface area contributed by atoms with Crippen LogP contribution in [-0.4, -0.2) is 18.1 Å². The van der Waals surface area contributed by atoms with Gasteiger partial charge in [0.2, 0.25) is 0 Å². The molecule has 0 bridgehead atoms. The molecule has 0 saturated carbocycles. The summed E-state index contributed by atoms with van der Waals surface area (Å²) < 4.78 is 1.38. The van der Waals surface area contributed by atoms with Crippen LogP contribution in [0, 0.1) is 0 Å². The molecule has 1 N–H and O–H groups in total. The first-order chi connectivity index (χ1) is 10.4. The molecule has 0 aliphatic carbocycles. The maximum absolute atomic E-state index is 4.41. The van der Waals surface area contributed by atoms with Crippen LogP contribution in [0.25, 0.3) is 10.1 Å². The molecule has 2 heterocycles. The normalized spacial score (nSPS) is 12.6. The first kappa shape index (κ1) is 14.2. The van der Waals surface area contributed by atoms with Gasteiger partial charge in [0.25, 0.3) is 0 Å². The monoisotopic (exact) mass is 296 g/mol. The van der Waals surface area contributed by atoms with E-state index in [1.807, 2.05) is 23.6 Å². The van der Waals surface area contributed by atoms with Crippen molar-refractivity contribution >= 4 is 21.4 Å². The van der Waals surface area contributed by atoms with Crippen molar-refractivity contribution in [2.75, 3.05) is 7.05 Å². The highest BCUT2D eigenvalue weighted by Gasteiger charge is 2.11. The second-order valence-electron chi connectivity index (χ2n) is 5.31. The molecule has 3 heteroatoms. The SMILES string of the molecule is CNC(CCc1ccccn1)Cc1csc2ccccc12. The molecule has 1 atom stereocenters. The average Bonchev–Trinajstić information content (AvgIpc) is 2.95. The molecule has 108 valence electrons. The summed E-state index contributed by atoms with van der Waals surface area (Å²) in [4.78, 5) is 4.41. The van der Waals surface area contributed by atoms with Gasteiger partial charge in [-0.05, 0) is 60.8 Å². The lowest BCUT2D eigenvalue weighted by atomic mass is 10.0. The van der Waals surface area contributed by atoms with Gasteiger partial charge in [-0.2, -0.15) is 0 Å². The zero-order valence-corrected chi connectivity index (χ0v) is 13.1. The minimum absolute atomic E-state index is 0.491. The summed E-state index contributed by atoms with van der Waals surface area (Å²) >= 11 is 1.84. The number of hydrogen-bond donors (Lipinski definition) is 1. The van der Waals surface area contributed by atoms with Gasteiger partial charge in [-0.15, -0.1) is 11.3 Å². The molecule has 0 saturated heterocycles. The van der Waals surface area contributed by atoms with Gasteiger partial charge in [-0.1, -0.05) is 24.3 Å². The molecule has 3 rings (SSSR count). The van der Waals surface area contributed by atoms with Crippen LogP contribution in [0.15, 0.2) is 54.0 Å². The summed E-state index contributed by atoms with van der Waals surface area (Å²) in [6, 6.07) is 15.3. The van der Waals surface area contributed by atoms with E-state index in [1.54, 1.807) is 0 Å². The maximum Gasteiger partial charge on any atom is 0.0404 e. The van der Waals surface area contributed by atoms with E-state index in [4.69, 9.17) is 0 Å². The van der Waals surface area contributed by atoms with Crippen molar-refractivity contribution < 1.29 is 0 Å². The minimum atomic E-state index is 0.491. The number of fused-ring (bicyclic) bond motifs is 1. The highest BCUT2D eigenvalue weighted by Crippen LogP contribution is 2.27. The molecule has 0 aliphatic rings. The lowest BCUT2D eigenvalue weighted by Gasteiger charge is -2.15. The second-order valence-corrected chi connectivity index (χ2v) is 6.22. The largest absolute Gasteiger partial charge is 0.317 e. The van der Waals surface area contributed by atoms with Gasteiger partial charge in [0.05, 0.1) is 0 Å². The van der Waals surface area contributed by atoms with Crippen molar-refractivity contribution in [3.05, 3.63) is 65.3 Å². The Morgan fingerprint density at radius 2 is 2.00 bits per heavy atom. The Morgan fingerprint density at radius 3 is 2.81 bits per heavy atom. The van der Waals surface area contributed by atoms with E-state index in [0.717, 1.165) is 19.3 Å². The smallest absolute Gasteiger partial charge is 0.0404 e. The Morgan fingerprint density at radius 1 is 1.14 bits per heavy atom. The molecule has 0 aliphatic heterocycles. The average molecular weight is 296 g/mol. The number of rotatable bonds is 6. The van der Waals surface area contributed by atoms with Gasteiger partial charge in [0.1, 0.15) is 0 Å². The zero-order valence-electron chi connectivity index (χ0n) is 12.3. The summed E-state index contributed by atoms with van der Waals surface area (Å²) in [5.41, 5.74) is 2.63. The van der Waals surface area contributed by atoms with Gasteiger partial charge < -0.3 is 5.32 Å². The molecular formula is C18H20N2S. The van der Waals surface area contributed by atoms with E-state index >= 15 is 0 Å². The highest BCUT2D eigenvalue weighted by molar-refractivity contribution is 7.17. The fraction of sp³-hybridized carbons (Fsp3) is 0.278. The zero-order chi connectivity index (χ0) is 14.5. The number of aryl methyl sites for hydroxylation is 1. The standard InChI is InChI=1S/C18H20N2S/c1-19-16(10-9-15-6-4-5-11-20-15)12-14-13-21-18-8-3-2-7-17(14)18/h2-8,11,13,16,19H,9-10,12H2,1H3. The van der Waals surface area contributed by atoms with E-state index < -0.39 is 0 Å². The summed E-state index contributed by atoms with van der Waals surface area (Å²) in [5.74, 6) is 0. The molecule has 0 amide bonds. The van der Waals surface area contributed by atoms with Gasteiger partial charge in [0, 0.05) is 22.6 Å². The highest BCUT2D eigenvalue weighted by atomic mass is 32.1. The molecule has 21 heavy (non-hydrogen) atoms. The molecule has 0 fully saturated rings. The quantitative estimate of drug-likeness (QED) is 0.742. The Labute approximate surface area is 129 Å². The van der Waals surface area contributed by atoms with Gasteiger partial charge >= 0.3 is 0 Å². The number of pyridine rings is 1. The number of benzene rings is 1. The number of thiophene rings is 1. The lowest BCUT2D eigenvalue weighted by molar-refractivity contribution is 0.519.